The average Bonchev–Trinajstić information content (AvgIpc) is 2.57. The zero-order valence-corrected chi connectivity index (χ0v) is 15.2. The van der Waals surface area contributed by atoms with E-state index < -0.39 is 6.17 Å². The largest absolute Gasteiger partial charge is 0.325 e. The summed E-state index contributed by atoms with van der Waals surface area (Å²) in [4.78, 5) is 16.9. The highest BCUT2D eigenvalue weighted by Gasteiger charge is 2.08. The maximum Gasteiger partial charge on any atom is 0.325 e. The monoisotopic (exact) mass is 320 g/mol. The van der Waals surface area contributed by atoms with Crippen molar-refractivity contribution in [3.63, 3.8) is 0 Å². The van der Waals surface area contributed by atoms with Crippen LogP contribution in [0.25, 0.3) is 4.85 Å². The van der Waals surface area contributed by atoms with Gasteiger partial charge >= 0.3 is 6.17 Å². The molecular weight excluding hydrogens is 284 g/mol. The molecule has 0 aromatic heterocycles. The van der Waals surface area contributed by atoms with E-state index in [1.54, 1.807) is 0 Å². The van der Waals surface area contributed by atoms with Gasteiger partial charge in [-0.2, -0.15) is 0 Å². The number of nitrogens with zero attached hydrogens (tertiary/aromatic N) is 2. The molecule has 1 unspecified atom stereocenters. The highest BCUT2D eigenvalue weighted by atomic mass is 16.1. The van der Waals surface area contributed by atoms with E-state index in [1.807, 2.05) is 0 Å². The quantitative estimate of drug-likeness (QED) is 0.125. The van der Waals surface area contributed by atoms with Crippen LogP contribution in [-0.4, -0.2) is 12.2 Å². The number of rotatable bonds is 17. The van der Waals surface area contributed by atoms with Crippen LogP contribution in [-0.2, 0) is 4.79 Å². The molecule has 0 bridgehead atoms. The lowest BCUT2D eigenvalue weighted by Gasteiger charge is -2.03. The van der Waals surface area contributed by atoms with E-state index in [1.165, 1.54) is 89.6 Å². The summed E-state index contributed by atoms with van der Waals surface area (Å²) in [5, 5.41) is 0. The zero-order chi connectivity index (χ0) is 17.0. The topological polar surface area (TPSA) is 33.8 Å². The van der Waals surface area contributed by atoms with E-state index >= 15 is 0 Å². The van der Waals surface area contributed by atoms with Crippen LogP contribution in [0.15, 0.2) is 4.99 Å². The minimum Gasteiger partial charge on any atom is -0.287 e. The molecular formula is C20H36N2O. The van der Waals surface area contributed by atoms with Gasteiger partial charge in [0, 0.05) is 6.42 Å². The van der Waals surface area contributed by atoms with Crippen LogP contribution in [0, 0.1) is 6.57 Å². The van der Waals surface area contributed by atoms with Crippen LogP contribution in [0.1, 0.15) is 110 Å². The van der Waals surface area contributed by atoms with Crippen molar-refractivity contribution >= 4 is 6.08 Å². The molecule has 0 aliphatic rings. The second kappa shape index (κ2) is 18.9. The summed E-state index contributed by atoms with van der Waals surface area (Å²) < 4.78 is 0. The maximum absolute atomic E-state index is 10.1. The molecule has 0 radical (unpaired) electrons. The molecule has 23 heavy (non-hydrogen) atoms. The Hall–Kier alpha value is -1.13. The normalized spacial score (nSPS) is 11.7. The summed E-state index contributed by atoms with van der Waals surface area (Å²) >= 11 is 0. The van der Waals surface area contributed by atoms with Crippen LogP contribution >= 0.6 is 0 Å². The first-order valence-corrected chi connectivity index (χ1v) is 9.78. The highest BCUT2D eigenvalue weighted by molar-refractivity contribution is 5.33. The predicted octanol–water partition coefficient (Wildman–Crippen LogP) is 6.83. The molecule has 3 nitrogen and oxygen atoms in total. The van der Waals surface area contributed by atoms with Gasteiger partial charge in [0.25, 0.3) is 0 Å². The van der Waals surface area contributed by atoms with Crippen molar-refractivity contribution in [1.29, 1.82) is 0 Å². The van der Waals surface area contributed by atoms with Gasteiger partial charge in [0.2, 0.25) is 6.08 Å². The molecule has 0 rings (SSSR count). The van der Waals surface area contributed by atoms with E-state index in [0.29, 0.717) is 6.42 Å². The van der Waals surface area contributed by atoms with E-state index in [-0.39, 0.29) is 0 Å². The first-order chi connectivity index (χ1) is 11.3. The molecule has 0 N–H and O–H groups in total. The fourth-order valence-electron chi connectivity index (χ4n) is 2.92. The summed E-state index contributed by atoms with van der Waals surface area (Å²) in [6, 6.07) is 0. The number of hydrogen-bond donors (Lipinski definition) is 0. The lowest BCUT2D eigenvalue weighted by Crippen LogP contribution is -1.96. The van der Waals surface area contributed by atoms with E-state index in [0.717, 1.165) is 12.8 Å². The Labute approximate surface area is 143 Å². The van der Waals surface area contributed by atoms with Crippen molar-refractivity contribution in [3.8, 4) is 0 Å². The van der Waals surface area contributed by atoms with E-state index in [4.69, 9.17) is 6.57 Å². The molecule has 0 saturated heterocycles. The molecule has 0 aromatic carbocycles. The Morgan fingerprint density at radius 3 is 1.52 bits per heavy atom. The van der Waals surface area contributed by atoms with Crippen molar-refractivity contribution < 1.29 is 4.79 Å². The second-order valence-electron chi connectivity index (χ2n) is 6.57. The summed E-state index contributed by atoms with van der Waals surface area (Å²) in [5.74, 6) is 0. The van der Waals surface area contributed by atoms with Gasteiger partial charge in [0.1, 0.15) is 0 Å². The van der Waals surface area contributed by atoms with Crippen molar-refractivity contribution in [3.05, 3.63) is 11.4 Å². The first kappa shape index (κ1) is 21.9. The highest BCUT2D eigenvalue weighted by Crippen LogP contribution is 2.14. The Morgan fingerprint density at radius 2 is 1.17 bits per heavy atom. The molecule has 0 fully saturated rings. The molecule has 3 heteroatoms. The minimum absolute atomic E-state index is 0.491. The van der Waals surface area contributed by atoms with Gasteiger partial charge in [0.05, 0.1) is 0 Å². The molecule has 132 valence electrons. The van der Waals surface area contributed by atoms with Gasteiger partial charge in [-0.25, -0.2) is 11.4 Å². The average molecular weight is 321 g/mol. The third-order valence-electron chi connectivity index (χ3n) is 4.42. The standard InChI is InChI=1S/C20H36N2O/c1-3-4-5-6-7-8-9-10-11-12-13-14-15-16-17-18-20(21-2)22-19-23/h20H,3-18H2,1H3. The van der Waals surface area contributed by atoms with Crippen molar-refractivity contribution in [2.24, 2.45) is 4.99 Å². The first-order valence-electron chi connectivity index (χ1n) is 9.78. The fourth-order valence-corrected chi connectivity index (χ4v) is 2.92. The van der Waals surface area contributed by atoms with Gasteiger partial charge in [-0.1, -0.05) is 96.8 Å². The van der Waals surface area contributed by atoms with Crippen molar-refractivity contribution in [2.45, 2.75) is 116 Å². The Morgan fingerprint density at radius 1 is 0.783 bits per heavy atom. The Balaban J connectivity index is 3.13. The van der Waals surface area contributed by atoms with E-state index in [9.17, 15) is 4.79 Å². The maximum atomic E-state index is 10.1. The van der Waals surface area contributed by atoms with Crippen LogP contribution in [0.2, 0.25) is 0 Å². The van der Waals surface area contributed by atoms with E-state index in [2.05, 4.69) is 16.8 Å². The number of hydrogen-bond acceptors (Lipinski definition) is 2. The lowest BCUT2D eigenvalue weighted by molar-refractivity contribution is 0.524. The molecule has 0 heterocycles. The molecule has 0 aliphatic heterocycles. The van der Waals surface area contributed by atoms with Crippen molar-refractivity contribution in [2.75, 3.05) is 0 Å². The summed E-state index contributed by atoms with van der Waals surface area (Å²) in [7, 11) is 0. The Bertz CT molecular complexity index is 329. The van der Waals surface area contributed by atoms with Gasteiger partial charge in [0.15, 0.2) is 0 Å². The predicted molar refractivity (Wildman–Crippen MR) is 98.1 cm³/mol. The summed E-state index contributed by atoms with van der Waals surface area (Å²) in [6.07, 6.45) is 21.8. The third kappa shape index (κ3) is 17.1. The lowest BCUT2D eigenvalue weighted by atomic mass is 10.0. The molecule has 0 spiro atoms. The van der Waals surface area contributed by atoms with Crippen LogP contribution in [0.3, 0.4) is 0 Å². The smallest absolute Gasteiger partial charge is 0.287 e. The molecule has 0 aromatic rings. The van der Waals surface area contributed by atoms with Gasteiger partial charge in [-0.15, -0.1) is 4.99 Å². The number of aliphatic imine (C=N–C) groups is 1. The van der Waals surface area contributed by atoms with Gasteiger partial charge in [-0.05, 0) is 6.42 Å². The number of unbranched alkanes of at least 4 members (excludes halogenated alkanes) is 14. The zero-order valence-electron chi connectivity index (χ0n) is 15.2. The third-order valence-corrected chi connectivity index (χ3v) is 4.42. The van der Waals surface area contributed by atoms with Crippen LogP contribution in [0.5, 0.6) is 0 Å². The minimum atomic E-state index is -0.491. The second-order valence-corrected chi connectivity index (χ2v) is 6.57. The van der Waals surface area contributed by atoms with Gasteiger partial charge in [-0.3, -0.25) is 4.85 Å². The molecule has 0 amide bonds. The number of isocyanates is 1. The molecule has 1 atom stereocenters. The molecule has 0 saturated carbocycles. The van der Waals surface area contributed by atoms with Gasteiger partial charge < -0.3 is 0 Å². The summed E-state index contributed by atoms with van der Waals surface area (Å²) in [5.41, 5.74) is 0. The number of carbonyl (C=O) groups excluding carboxylic acids is 1. The van der Waals surface area contributed by atoms with Crippen LogP contribution in [0.4, 0.5) is 0 Å². The Kier molecular flexibility index (Phi) is 18.0. The summed E-state index contributed by atoms with van der Waals surface area (Å²) in [6.45, 7) is 9.17. The van der Waals surface area contributed by atoms with Crippen molar-refractivity contribution in [1.82, 2.24) is 0 Å². The molecule has 0 aliphatic carbocycles. The fraction of sp³-hybridized carbons (Fsp3) is 0.900. The van der Waals surface area contributed by atoms with Crippen LogP contribution < -0.4 is 0 Å². The SMILES string of the molecule is [C-]#[N+]C(CCCCCCCCCCCCCCCCC)N=C=O.